The molecule has 4 rings (SSSR count). The quantitative estimate of drug-likeness (QED) is 0.720. The molecule has 0 radical (unpaired) electrons. The normalized spacial score (nSPS) is 18.2. The van der Waals surface area contributed by atoms with E-state index in [9.17, 15) is 14.7 Å². The van der Waals surface area contributed by atoms with Crippen molar-refractivity contribution >= 4 is 11.9 Å². The summed E-state index contributed by atoms with van der Waals surface area (Å²) < 4.78 is 5.75. The summed E-state index contributed by atoms with van der Waals surface area (Å²) in [4.78, 5) is 24.0. The fraction of sp³-hybridized carbons (Fsp3) is 0.417. The number of ether oxygens (including phenoxy) is 1. The number of esters is 1. The van der Waals surface area contributed by atoms with Gasteiger partial charge < -0.3 is 9.84 Å². The molecule has 28 heavy (non-hydrogen) atoms. The fourth-order valence-electron chi connectivity index (χ4n) is 3.78. The Morgan fingerprint density at radius 1 is 0.750 bits per heavy atom. The van der Waals surface area contributed by atoms with Crippen LogP contribution in [0.1, 0.15) is 76.8 Å². The van der Waals surface area contributed by atoms with Crippen LogP contribution in [0.25, 0.3) is 0 Å². The molecular weight excluding hydrogens is 352 g/mol. The van der Waals surface area contributed by atoms with E-state index in [0.29, 0.717) is 0 Å². The Kier molecular flexibility index (Phi) is 7.24. The maximum atomic E-state index is 12.6. The summed E-state index contributed by atoms with van der Waals surface area (Å²) in [6.45, 7) is 0. The smallest absolute Gasteiger partial charge is 0.339 e. The summed E-state index contributed by atoms with van der Waals surface area (Å²) in [6, 6.07) is 15.2. The number of aryl methyl sites for hydroxylation is 2. The van der Waals surface area contributed by atoms with Crippen molar-refractivity contribution in [3.8, 4) is 0 Å². The third-order valence-electron chi connectivity index (χ3n) is 5.41. The lowest BCUT2D eigenvalue weighted by Crippen LogP contribution is -2.20. The van der Waals surface area contributed by atoms with Crippen LogP contribution >= 0.6 is 0 Å². The van der Waals surface area contributed by atoms with Gasteiger partial charge >= 0.3 is 11.9 Å². The molecule has 0 aliphatic heterocycles. The first-order chi connectivity index (χ1) is 13.6. The van der Waals surface area contributed by atoms with E-state index in [2.05, 4.69) is 24.3 Å². The molecule has 4 nitrogen and oxygen atoms in total. The Labute approximate surface area is 166 Å². The average molecular weight is 380 g/mol. The summed E-state index contributed by atoms with van der Waals surface area (Å²) in [5.74, 6) is -1.64. The van der Waals surface area contributed by atoms with Crippen LogP contribution < -0.4 is 0 Å². The van der Waals surface area contributed by atoms with E-state index in [1.165, 1.54) is 23.3 Å². The number of carboxylic acid groups (broad SMARTS) is 1. The monoisotopic (exact) mass is 380 g/mol. The molecule has 0 spiro atoms. The molecular formula is C24H28O4. The molecule has 4 heteroatoms. The molecule has 2 bridgehead atoms. The van der Waals surface area contributed by atoms with Gasteiger partial charge in [-0.15, -0.1) is 0 Å². The van der Waals surface area contributed by atoms with Gasteiger partial charge in [-0.05, 0) is 74.6 Å². The molecule has 0 amide bonds. The zero-order chi connectivity index (χ0) is 19.8. The van der Waals surface area contributed by atoms with E-state index in [4.69, 9.17) is 4.74 Å². The molecule has 148 valence electrons. The molecule has 2 aromatic rings. The molecule has 0 fully saturated rings. The number of rotatable bonds is 3. The van der Waals surface area contributed by atoms with Crippen LogP contribution in [0.15, 0.2) is 48.5 Å². The van der Waals surface area contributed by atoms with Gasteiger partial charge in [0.05, 0.1) is 11.1 Å². The van der Waals surface area contributed by atoms with E-state index < -0.39 is 11.9 Å². The third-order valence-corrected chi connectivity index (χ3v) is 5.41. The molecule has 0 saturated heterocycles. The number of fused-ring (bicyclic) bond motifs is 11. The van der Waals surface area contributed by atoms with Crippen molar-refractivity contribution in [2.45, 2.75) is 63.9 Å². The SMILES string of the molecule is O=C(O)c1ccccc1C(=O)O[C@@H]1CCCCCc2ccc(cc2)CCCC1. The molecule has 1 atom stereocenters. The highest BCUT2D eigenvalue weighted by Crippen LogP contribution is 2.20. The van der Waals surface area contributed by atoms with Crippen LogP contribution in [0, 0.1) is 0 Å². The zero-order valence-corrected chi connectivity index (χ0v) is 16.2. The maximum absolute atomic E-state index is 12.6. The van der Waals surface area contributed by atoms with Crippen molar-refractivity contribution in [3.63, 3.8) is 0 Å². The van der Waals surface area contributed by atoms with Crippen LogP contribution in [0.4, 0.5) is 0 Å². The van der Waals surface area contributed by atoms with Crippen LogP contribution in [0.2, 0.25) is 0 Å². The fourth-order valence-corrected chi connectivity index (χ4v) is 3.78. The Morgan fingerprint density at radius 2 is 1.29 bits per heavy atom. The van der Waals surface area contributed by atoms with E-state index in [-0.39, 0.29) is 17.2 Å². The van der Waals surface area contributed by atoms with E-state index in [1.807, 2.05) is 0 Å². The lowest BCUT2D eigenvalue weighted by Gasteiger charge is -2.19. The van der Waals surface area contributed by atoms with Crippen molar-refractivity contribution in [1.82, 2.24) is 0 Å². The number of benzene rings is 2. The van der Waals surface area contributed by atoms with E-state index in [0.717, 1.165) is 57.8 Å². The lowest BCUT2D eigenvalue weighted by atomic mass is 9.98. The first-order valence-corrected chi connectivity index (χ1v) is 10.2. The van der Waals surface area contributed by atoms with Gasteiger partial charge in [0, 0.05) is 0 Å². The minimum absolute atomic E-state index is 0.00332. The Hall–Kier alpha value is -2.62. The average Bonchev–Trinajstić information content (AvgIpc) is 2.71. The largest absolute Gasteiger partial charge is 0.478 e. The molecule has 0 saturated carbocycles. The van der Waals surface area contributed by atoms with Gasteiger partial charge in [0.15, 0.2) is 0 Å². The molecule has 2 aliphatic carbocycles. The van der Waals surface area contributed by atoms with Gasteiger partial charge in [-0.2, -0.15) is 0 Å². The van der Waals surface area contributed by atoms with Gasteiger partial charge in [0.2, 0.25) is 0 Å². The first kappa shape index (κ1) is 20.1. The second-order valence-electron chi connectivity index (χ2n) is 7.54. The zero-order valence-electron chi connectivity index (χ0n) is 16.2. The van der Waals surface area contributed by atoms with E-state index in [1.54, 1.807) is 12.1 Å². The summed E-state index contributed by atoms with van der Waals surface area (Å²) in [7, 11) is 0. The molecule has 0 heterocycles. The van der Waals surface area contributed by atoms with Crippen LogP contribution in [0.5, 0.6) is 0 Å². The number of carbonyl (C=O) groups is 2. The molecule has 0 unspecified atom stereocenters. The van der Waals surface area contributed by atoms with Crippen molar-refractivity contribution in [2.75, 3.05) is 0 Å². The highest BCUT2D eigenvalue weighted by Gasteiger charge is 2.21. The number of carbonyl (C=O) groups excluding carboxylic acids is 1. The summed E-state index contributed by atoms with van der Waals surface area (Å²) >= 11 is 0. The second kappa shape index (κ2) is 10.1. The summed E-state index contributed by atoms with van der Waals surface area (Å²) in [5, 5.41) is 9.31. The minimum atomic E-state index is -1.11. The Bertz CT molecular complexity index is 795. The minimum Gasteiger partial charge on any atom is -0.478 e. The summed E-state index contributed by atoms with van der Waals surface area (Å²) in [5.41, 5.74) is 2.86. The second-order valence-corrected chi connectivity index (χ2v) is 7.54. The van der Waals surface area contributed by atoms with Crippen molar-refractivity contribution < 1.29 is 19.4 Å². The maximum Gasteiger partial charge on any atom is 0.339 e. The highest BCUT2D eigenvalue weighted by molar-refractivity contribution is 6.02. The third kappa shape index (κ3) is 5.69. The van der Waals surface area contributed by atoms with Gasteiger partial charge in [-0.25, -0.2) is 9.59 Å². The van der Waals surface area contributed by atoms with Gasteiger partial charge in [-0.3, -0.25) is 0 Å². The van der Waals surface area contributed by atoms with Crippen molar-refractivity contribution in [1.29, 1.82) is 0 Å². The van der Waals surface area contributed by atoms with E-state index >= 15 is 0 Å². The van der Waals surface area contributed by atoms with Crippen LogP contribution in [-0.2, 0) is 17.6 Å². The van der Waals surface area contributed by atoms with Crippen molar-refractivity contribution in [2.24, 2.45) is 0 Å². The number of hydrogen-bond acceptors (Lipinski definition) is 3. The van der Waals surface area contributed by atoms with Crippen LogP contribution in [0.3, 0.4) is 0 Å². The summed E-state index contributed by atoms with van der Waals surface area (Å²) in [6.07, 6.45) is 8.88. The number of carboxylic acids is 1. The van der Waals surface area contributed by atoms with Crippen LogP contribution in [-0.4, -0.2) is 23.1 Å². The molecule has 0 aromatic heterocycles. The predicted octanol–water partition coefficient (Wildman–Crippen LogP) is 5.44. The predicted molar refractivity (Wildman–Crippen MR) is 109 cm³/mol. The molecule has 2 aromatic carbocycles. The Balaban J connectivity index is 1.63. The number of hydrogen-bond donors (Lipinski definition) is 1. The lowest BCUT2D eigenvalue weighted by molar-refractivity contribution is 0.0244. The van der Waals surface area contributed by atoms with Gasteiger partial charge in [-0.1, -0.05) is 42.8 Å². The Morgan fingerprint density at radius 3 is 1.89 bits per heavy atom. The topological polar surface area (TPSA) is 63.6 Å². The van der Waals surface area contributed by atoms with Gasteiger partial charge in [0.25, 0.3) is 0 Å². The number of aromatic carboxylic acids is 1. The highest BCUT2D eigenvalue weighted by atomic mass is 16.5. The first-order valence-electron chi connectivity index (χ1n) is 10.2. The molecule has 2 aliphatic rings. The standard InChI is InChI=1S/C24H28O4/c25-23(26)21-12-6-7-13-22(21)24(27)28-20-10-3-1-2-8-18-14-16-19(17-15-18)9-4-5-11-20/h6-7,12-17,20H,1-5,8-11H2,(H,25,26)/t20-/m1/s1. The van der Waals surface area contributed by atoms with Gasteiger partial charge in [0.1, 0.15) is 6.10 Å². The molecule has 1 N–H and O–H groups in total. The van der Waals surface area contributed by atoms with Crippen molar-refractivity contribution in [3.05, 3.63) is 70.8 Å².